The van der Waals surface area contributed by atoms with E-state index in [-0.39, 0.29) is 30.4 Å². The third-order valence-corrected chi connectivity index (χ3v) is 6.07. The van der Waals surface area contributed by atoms with Crippen LogP contribution < -0.4 is 10.9 Å². The predicted octanol–water partition coefficient (Wildman–Crippen LogP) is 1.91. The van der Waals surface area contributed by atoms with Gasteiger partial charge in [0.2, 0.25) is 11.8 Å². The average Bonchev–Trinajstić information content (AvgIpc) is 3.33. The maximum Gasteiger partial charge on any atom is 0.295 e. The minimum atomic E-state index is -0.808. The number of aromatic nitrogens is 2. The number of amides is 2. The van der Waals surface area contributed by atoms with Gasteiger partial charge in [0.1, 0.15) is 18.3 Å². The van der Waals surface area contributed by atoms with Gasteiger partial charge in [-0.2, -0.15) is 0 Å². The molecule has 30 heavy (non-hydrogen) atoms. The number of thiophene rings is 1. The molecule has 0 aliphatic carbocycles. The second kappa shape index (κ2) is 8.29. The maximum atomic E-state index is 13.1. The Morgan fingerprint density at radius 1 is 1.20 bits per heavy atom. The molecule has 1 saturated heterocycles. The molecule has 156 valence electrons. The van der Waals surface area contributed by atoms with Gasteiger partial charge in [-0.3, -0.25) is 19.1 Å². The van der Waals surface area contributed by atoms with E-state index in [1.165, 1.54) is 20.9 Å². The van der Waals surface area contributed by atoms with Crippen LogP contribution in [0.4, 0.5) is 5.69 Å². The Hall–Kier alpha value is -3.17. The van der Waals surface area contributed by atoms with Crippen molar-refractivity contribution in [1.29, 1.82) is 0 Å². The first-order valence-corrected chi connectivity index (χ1v) is 10.4. The second-order valence-corrected chi connectivity index (χ2v) is 8.09. The molecular formula is C21H22N4O4S. The molecule has 2 amide bonds. The molecule has 8 nitrogen and oxygen atoms in total. The minimum Gasteiger partial charge on any atom is -0.369 e. The van der Waals surface area contributed by atoms with Gasteiger partial charge in [-0.1, -0.05) is 24.3 Å². The number of hydrogen-bond donors (Lipinski definition) is 1. The zero-order valence-corrected chi connectivity index (χ0v) is 17.5. The van der Waals surface area contributed by atoms with Gasteiger partial charge >= 0.3 is 0 Å². The summed E-state index contributed by atoms with van der Waals surface area (Å²) in [6, 6.07) is 12.2. The molecule has 1 atom stereocenters. The van der Waals surface area contributed by atoms with Crippen molar-refractivity contribution in [2.75, 3.05) is 18.5 Å². The Bertz CT molecular complexity index is 1120. The van der Waals surface area contributed by atoms with E-state index in [0.29, 0.717) is 17.9 Å². The normalized spacial score (nSPS) is 16.7. The Balaban J connectivity index is 1.61. The van der Waals surface area contributed by atoms with Crippen molar-refractivity contribution < 1.29 is 14.3 Å². The summed E-state index contributed by atoms with van der Waals surface area (Å²) in [5.41, 5.74) is 1.18. The first-order chi connectivity index (χ1) is 14.5. The number of hydrogen-bond acceptors (Lipinski definition) is 5. The van der Waals surface area contributed by atoms with Crippen LogP contribution in [0.5, 0.6) is 0 Å². The fourth-order valence-corrected chi connectivity index (χ4v) is 4.21. The summed E-state index contributed by atoms with van der Waals surface area (Å²) < 4.78 is 8.51. The lowest BCUT2D eigenvalue weighted by Crippen LogP contribution is -2.54. The van der Waals surface area contributed by atoms with Gasteiger partial charge in [-0.15, -0.1) is 11.3 Å². The van der Waals surface area contributed by atoms with Gasteiger partial charge in [0.25, 0.3) is 5.56 Å². The van der Waals surface area contributed by atoms with E-state index in [2.05, 4.69) is 5.32 Å². The molecule has 3 heterocycles. The molecule has 1 aromatic carbocycles. The van der Waals surface area contributed by atoms with Crippen LogP contribution in [-0.2, 0) is 27.9 Å². The number of carbonyl (C=O) groups excluding carboxylic acids is 2. The lowest BCUT2D eigenvalue weighted by molar-refractivity contribution is -0.153. The van der Waals surface area contributed by atoms with Crippen molar-refractivity contribution in [3.05, 3.63) is 68.8 Å². The van der Waals surface area contributed by atoms with Crippen LogP contribution in [0.15, 0.2) is 52.6 Å². The fourth-order valence-electron chi connectivity index (χ4n) is 3.51. The van der Waals surface area contributed by atoms with E-state index < -0.39 is 11.9 Å². The van der Waals surface area contributed by atoms with Gasteiger partial charge in [-0.25, -0.2) is 4.68 Å². The van der Waals surface area contributed by atoms with Gasteiger partial charge in [0.15, 0.2) is 0 Å². The van der Waals surface area contributed by atoms with Crippen LogP contribution in [0.3, 0.4) is 0 Å². The van der Waals surface area contributed by atoms with Crippen molar-refractivity contribution in [2.45, 2.75) is 19.5 Å². The zero-order chi connectivity index (χ0) is 21.3. The summed E-state index contributed by atoms with van der Waals surface area (Å²) >= 11 is 1.52. The second-order valence-electron chi connectivity index (χ2n) is 7.06. The van der Waals surface area contributed by atoms with E-state index >= 15 is 0 Å². The van der Waals surface area contributed by atoms with E-state index in [4.69, 9.17) is 4.74 Å². The molecule has 9 heteroatoms. The molecule has 1 unspecified atom stereocenters. The largest absolute Gasteiger partial charge is 0.369 e. The number of anilines is 1. The molecule has 3 aromatic rings. The molecule has 2 aromatic heterocycles. The standard InChI is InChI=1S/C21H22N4O4S/c1-14-19(21(28)25(23(14)2)15-7-4-3-5-8-15)22-20(27)17-12-29-13-18(26)24(17)11-16-9-6-10-30-16/h3-10,17H,11-13H2,1-2H3,(H,22,27). The highest BCUT2D eigenvalue weighted by molar-refractivity contribution is 7.09. The summed E-state index contributed by atoms with van der Waals surface area (Å²) in [7, 11) is 1.76. The lowest BCUT2D eigenvalue weighted by Gasteiger charge is -2.34. The van der Waals surface area contributed by atoms with Crippen LogP contribution in [0.25, 0.3) is 5.69 Å². The molecular weight excluding hydrogens is 404 g/mol. The number of benzene rings is 1. The van der Waals surface area contributed by atoms with Crippen molar-refractivity contribution in [3.63, 3.8) is 0 Å². The van der Waals surface area contributed by atoms with Crippen LogP contribution in [0.2, 0.25) is 0 Å². The Morgan fingerprint density at radius 2 is 1.97 bits per heavy atom. The van der Waals surface area contributed by atoms with Crippen molar-refractivity contribution >= 4 is 28.8 Å². The SMILES string of the molecule is Cc1c(NC(=O)C2COCC(=O)N2Cc2cccs2)c(=O)n(-c2ccccc2)n1C. The smallest absolute Gasteiger partial charge is 0.295 e. The van der Waals surface area contributed by atoms with Gasteiger partial charge in [0.05, 0.1) is 24.5 Å². The number of ether oxygens (including phenoxy) is 1. The third-order valence-electron chi connectivity index (χ3n) is 5.21. The molecule has 4 rings (SSSR count). The molecule has 0 radical (unpaired) electrons. The quantitative estimate of drug-likeness (QED) is 0.675. The van der Waals surface area contributed by atoms with Crippen LogP contribution in [0, 0.1) is 6.92 Å². The summed E-state index contributed by atoms with van der Waals surface area (Å²) in [6.07, 6.45) is 0. The first kappa shape index (κ1) is 20.1. The van der Waals surface area contributed by atoms with Crippen LogP contribution in [-0.4, -0.2) is 45.3 Å². The molecule has 1 N–H and O–H groups in total. The molecule has 0 saturated carbocycles. The molecule has 0 bridgehead atoms. The maximum absolute atomic E-state index is 13.1. The number of nitrogens with zero attached hydrogens (tertiary/aromatic N) is 3. The number of carbonyl (C=O) groups is 2. The number of rotatable bonds is 5. The highest BCUT2D eigenvalue weighted by Gasteiger charge is 2.35. The third kappa shape index (κ3) is 3.69. The number of morpholine rings is 1. The first-order valence-electron chi connectivity index (χ1n) is 9.52. The van der Waals surface area contributed by atoms with Crippen molar-refractivity contribution in [1.82, 2.24) is 14.3 Å². The van der Waals surface area contributed by atoms with Crippen LogP contribution >= 0.6 is 11.3 Å². The summed E-state index contributed by atoms with van der Waals surface area (Å²) in [4.78, 5) is 41.0. The average molecular weight is 426 g/mol. The van der Waals surface area contributed by atoms with Crippen molar-refractivity contribution in [2.24, 2.45) is 7.05 Å². The monoisotopic (exact) mass is 426 g/mol. The Kier molecular flexibility index (Phi) is 5.56. The van der Waals surface area contributed by atoms with E-state index in [1.807, 2.05) is 47.8 Å². The van der Waals surface area contributed by atoms with E-state index in [0.717, 1.165) is 4.88 Å². The van der Waals surface area contributed by atoms with Gasteiger partial charge < -0.3 is 15.0 Å². The molecule has 0 spiro atoms. The topological polar surface area (TPSA) is 85.6 Å². The minimum absolute atomic E-state index is 0.0552. The highest BCUT2D eigenvalue weighted by atomic mass is 32.1. The van der Waals surface area contributed by atoms with Gasteiger partial charge in [0, 0.05) is 11.9 Å². The van der Waals surface area contributed by atoms with Gasteiger partial charge in [-0.05, 0) is 30.5 Å². The summed E-state index contributed by atoms with van der Waals surface area (Å²) in [6.45, 7) is 2.13. The van der Waals surface area contributed by atoms with Crippen LogP contribution in [0.1, 0.15) is 10.6 Å². The zero-order valence-electron chi connectivity index (χ0n) is 16.7. The molecule has 1 aliphatic rings. The highest BCUT2D eigenvalue weighted by Crippen LogP contribution is 2.19. The Morgan fingerprint density at radius 3 is 2.67 bits per heavy atom. The fraction of sp³-hybridized carbons (Fsp3) is 0.286. The molecule has 1 fully saturated rings. The summed E-state index contributed by atoms with van der Waals surface area (Å²) in [5.74, 6) is -0.688. The Labute approximate surface area is 177 Å². The van der Waals surface area contributed by atoms with E-state index in [1.54, 1.807) is 18.7 Å². The summed E-state index contributed by atoms with van der Waals surface area (Å²) in [5, 5.41) is 4.67. The van der Waals surface area contributed by atoms with Crippen molar-refractivity contribution in [3.8, 4) is 5.69 Å². The number of nitrogens with one attached hydrogen (secondary N) is 1. The number of para-hydroxylation sites is 1. The lowest BCUT2D eigenvalue weighted by atomic mass is 10.2. The predicted molar refractivity (Wildman–Crippen MR) is 114 cm³/mol. The molecule has 1 aliphatic heterocycles. The van der Waals surface area contributed by atoms with E-state index in [9.17, 15) is 14.4 Å².